The lowest BCUT2D eigenvalue weighted by Crippen LogP contribution is -2.49. The summed E-state index contributed by atoms with van der Waals surface area (Å²) in [4.78, 5) is 25.3. The molecule has 150 valence electrons. The third-order valence-electron chi connectivity index (χ3n) is 4.84. The monoisotopic (exact) mass is 380 g/mol. The van der Waals surface area contributed by atoms with E-state index in [1.54, 1.807) is 0 Å². The van der Waals surface area contributed by atoms with Crippen LogP contribution in [0.4, 0.5) is 0 Å². The van der Waals surface area contributed by atoms with Crippen molar-refractivity contribution in [3.63, 3.8) is 0 Å². The largest absolute Gasteiger partial charge is 0.350 e. The summed E-state index contributed by atoms with van der Waals surface area (Å²) >= 11 is 0. The van der Waals surface area contributed by atoms with Crippen molar-refractivity contribution in [2.24, 2.45) is 5.92 Å². The lowest BCUT2D eigenvalue weighted by Gasteiger charge is -2.22. The SMILES string of the molecule is Cc1ccc(CNC(=O)C(NC(=O)c2ccc(C(C)(C)C)cc2)C(C)C)cc1. The van der Waals surface area contributed by atoms with Crippen molar-refractivity contribution >= 4 is 11.8 Å². The van der Waals surface area contributed by atoms with Crippen LogP contribution in [0.25, 0.3) is 0 Å². The van der Waals surface area contributed by atoms with Gasteiger partial charge in [-0.1, -0.05) is 76.6 Å². The van der Waals surface area contributed by atoms with Crippen molar-refractivity contribution in [2.75, 3.05) is 0 Å². The third-order valence-corrected chi connectivity index (χ3v) is 4.84. The highest BCUT2D eigenvalue weighted by molar-refractivity contribution is 5.97. The Labute approximate surface area is 168 Å². The van der Waals surface area contributed by atoms with Gasteiger partial charge < -0.3 is 10.6 Å². The van der Waals surface area contributed by atoms with Crippen LogP contribution < -0.4 is 10.6 Å². The van der Waals surface area contributed by atoms with Gasteiger partial charge in [-0.25, -0.2) is 0 Å². The van der Waals surface area contributed by atoms with Crippen molar-refractivity contribution in [2.45, 2.75) is 59.5 Å². The van der Waals surface area contributed by atoms with Crippen LogP contribution in [0.2, 0.25) is 0 Å². The molecule has 2 amide bonds. The lowest BCUT2D eigenvalue weighted by atomic mass is 9.86. The first kappa shape index (κ1) is 21.7. The Balaban J connectivity index is 2.01. The van der Waals surface area contributed by atoms with E-state index in [9.17, 15) is 9.59 Å². The number of nitrogens with one attached hydrogen (secondary N) is 2. The Morgan fingerprint density at radius 1 is 0.929 bits per heavy atom. The van der Waals surface area contributed by atoms with Gasteiger partial charge in [0.15, 0.2) is 0 Å². The van der Waals surface area contributed by atoms with Crippen LogP contribution in [0.15, 0.2) is 48.5 Å². The molecule has 0 heterocycles. The number of carbonyl (C=O) groups is 2. The normalized spacial score (nSPS) is 12.5. The molecule has 1 atom stereocenters. The van der Waals surface area contributed by atoms with Gasteiger partial charge in [-0.3, -0.25) is 9.59 Å². The molecule has 0 aliphatic rings. The fraction of sp³-hybridized carbons (Fsp3) is 0.417. The summed E-state index contributed by atoms with van der Waals surface area (Å²) in [6.45, 7) is 12.7. The summed E-state index contributed by atoms with van der Waals surface area (Å²) in [5, 5.41) is 5.82. The first-order valence-electron chi connectivity index (χ1n) is 9.82. The molecule has 1 unspecified atom stereocenters. The van der Waals surface area contributed by atoms with E-state index in [0.717, 1.165) is 5.56 Å². The summed E-state index contributed by atoms with van der Waals surface area (Å²) in [5.74, 6) is -0.421. The molecular formula is C24H32N2O2. The molecule has 4 nitrogen and oxygen atoms in total. The molecule has 0 radical (unpaired) electrons. The zero-order valence-electron chi connectivity index (χ0n) is 17.8. The van der Waals surface area contributed by atoms with E-state index < -0.39 is 6.04 Å². The van der Waals surface area contributed by atoms with Crippen molar-refractivity contribution < 1.29 is 9.59 Å². The summed E-state index contributed by atoms with van der Waals surface area (Å²) < 4.78 is 0. The van der Waals surface area contributed by atoms with Crippen LogP contribution in [0.1, 0.15) is 61.7 Å². The molecule has 2 aromatic carbocycles. The quantitative estimate of drug-likeness (QED) is 0.782. The maximum Gasteiger partial charge on any atom is 0.251 e. The molecule has 0 spiro atoms. The smallest absolute Gasteiger partial charge is 0.251 e. The first-order valence-corrected chi connectivity index (χ1v) is 9.82. The second-order valence-electron chi connectivity index (χ2n) is 8.73. The number of carbonyl (C=O) groups excluding carboxylic acids is 2. The molecule has 2 N–H and O–H groups in total. The molecule has 0 aliphatic carbocycles. The minimum atomic E-state index is -0.583. The molecular weight excluding hydrogens is 348 g/mol. The van der Waals surface area contributed by atoms with Crippen LogP contribution in [0.3, 0.4) is 0 Å². The number of aryl methyl sites for hydroxylation is 1. The van der Waals surface area contributed by atoms with Crippen LogP contribution in [-0.2, 0) is 16.8 Å². The number of amides is 2. The van der Waals surface area contributed by atoms with E-state index in [1.807, 2.05) is 69.3 Å². The van der Waals surface area contributed by atoms with E-state index in [4.69, 9.17) is 0 Å². The highest BCUT2D eigenvalue weighted by Gasteiger charge is 2.24. The molecule has 2 rings (SSSR count). The highest BCUT2D eigenvalue weighted by Crippen LogP contribution is 2.22. The van der Waals surface area contributed by atoms with Crippen molar-refractivity contribution in [1.29, 1.82) is 0 Å². The van der Waals surface area contributed by atoms with Gasteiger partial charge in [-0.15, -0.1) is 0 Å². The van der Waals surface area contributed by atoms with Gasteiger partial charge in [0.1, 0.15) is 6.04 Å². The third kappa shape index (κ3) is 5.95. The molecule has 0 saturated carbocycles. The summed E-state index contributed by atoms with van der Waals surface area (Å²) in [6, 6.07) is 15.0. The Bertz CT molecular complexity index is 800. The minimum absolute atomic E-state index is 0.0178. The topological polar surface area (TPSA) is 58.2 Å². The summed E-state index contributed by atoms with van der Waals surface area (Å²) in [5.41, 5.74) is 3.97. The van der Waals surface area contributed by atoms with E-state index in [0.29, 0.717) is 12.1 Å². The molecule has 2 aromatic rings. The van der Waals surface area contributed by atoms with Gasteiger partial charge in [0.2, 0.25) is 5.91 Å². The molecule has 0 saturated heterocycles. The van der Waals surface area contributed by atoms with Crippen LogP contribution >= 0.6 is 0 Å². The Morgan fingerprint density at radius 3 is 2.00 bits per heavy atom. The minimum Gasteiger partial charge on any atom is -0.350 e. The Hall–Kier alpha value is -2.62. The predicted molar refractivity (Wildman–Crippen MR) is 114 cm³/mol. The van der Waals surface area contributed by atoms with Crippen molar-refractivity contribution in [3.8, 4) is 0 Å². The van der Waals surface area contributed by atoms with E-state index in [2.05, 4.69) is 31.4 Å². The van der Waals surface area contributed by atoms with Crippen LogP contribution in [-0.4, -0.2) is 17.9 Å². The Morgan fingerprint density at radius 2 is 1.50 bits per heavy atom. The van der Waals surface area contributed by atoms with Crippen molar-refractivity contribution in [3.05, 3.63) is 70.8 Å². The van der Waals surface area contributed by atoms with Crippen LogP contribution in [0.5, 0.6) is 0 Å². The molecule has 28 heavy (non-hydrogen) atoms. The van der Waals surface area contributed by atoms with Gasteiger partial charge in [0.05, 0.1) is 0 Å². The van der Waals surface area contributed by atoms with Gasteiger partial charge in [-0.05, 0) is 41.5 Å². The molecule has 0 bridgehead atoms. The summed E-state index contributed by atoms with van der Waals surface area (Å²) in [6.07, 6.45) is 0. The highest BCUT2D eigenvalue weighted by atomic mass is 16.2. The molecule has 0 aliphatic heterocycles. The zero-order chi connectivity index (χ0) is 20.9. The van der Waals surface area contributed by atoms with Gasteiger partial charge in [0, 0.05) is 12.1 Å². The molecule has 4 heteroatoms. The zero-order valence-corrected chi connectivity index (χ0v) is 17.8. The standard InChI is InChI=1S/C24H32N2O2/c1-16(2)21(23(28)25-15-18-9-7-17(3)8-10-18)26-22(27)19-11-13-20(14-12-19)24(4,5)6/h7-14,16,21H,15H2,1-6H3,(H,25,28)(H,26,27). The lowest BCUT2D eigenvalue weighted by molar-refractivity contribution is -0.124. The number of benzene rings is 2. The fourth-order valence-corrected chi connectivity index (χ4v) is 2.89. The average Bonchev–Trinajstić information content (AvgIpc) is 2.64. The van der Waals surface area contributed by atoms with E-state index >= 15 is 0 Å². The molecule has 0 fully saturated rings. The Kier molecular flexibility index (Phi) is 7.00. The number of rotatable bonds is 6. The maximum absolute atomic E-state index is 12.7. The van der Waals surface area contributed by atoms with Gasteiger partial charge >= 0.3 is 0 Å². The van der Waals surface area contributed by atoms with E-state index in [-0.39, 0.29) is 23.1 Å². The van der Waals surface area contributed by atoms with Gasteiger partial charge in [0.25, 0.3) is 5.91 Å². The first-order chi connectivity index (χ1) is 13.1. The second-order valence-corrected chi connectivity index (χ2v) is 8.73. The second kappa shape index (κ2) is 9.05. The summed E-state index contributed by atoms with van der Waals surface area (Å²) in [7, 11) is 0. The maximum atomic E-state index is 12.7. The number of hydrogen-bond donors (Lipinski definition) is 2. The average molecular weight is 381 g/mol. The predicted octanol–water partition coefficient (Wildman–Crippen LogP) is 4.36. The number of hydrogen-bond acceptors (Lipinski definition) is 2. The van der Waals surface area contributed by atoms with E-state index in [1.165, 1.54) is 11.1 Å². The van der Waals surface area contributed by atoms with Crippen LogP contribution in [0, 0.1) is 12.8 Å². The van der Waals surface area contributed by atoms with Gasteiger partial charge in [-0.2, -0.15) is 0 Å². The fourth-order valence-electron chi connectivity index (χ4n) is 2.89. The van der Waals surface area contributed by atoms with Crippen molar-refractivity contribution in [1.82, 2.24) is 10.6 Å². The molecule has 0 aromatic heterocycles.